The lowest BCUT2D eigenvalue weighted by Gasteiger charge is -2.12. The standard InChI is InChI=1S/C22H21N3O2S/c1-14-11-19(15(2)25(14)12-17-7-6-10-27-17)21(26)16(3)28-22-18-8-4-5-9-20(18)23-13-24-22/h4-11,13,16H,12H2,1-3H3/t16-/m0/s1. The number of benzene rings is 1. The van der Waals surface area contributed by atoms with E-state index in [-0.39, 0.29) is 11.0 Å². The summed E-state index contributed by atoms with van der Waals surface area (Å²) in [6.45, 7) is 6.56. The lowest BCUT2D eigenvalue weighted by atomic mass is 10.1. The maximum atomic E-state index is 13.2. The van der Waals surface area contributed by atoms with Gasteiger partial charge in [0.25, 0.3) is 0 Å². The fraction of sp³-hybridized carbons (Fsp3) is 0.227. The lowest BCUT2D eigenvalue weighted by Crippen LogP contribution is -2.15. The number of thioether (sulfide) groups is 1. The third kappa shape index (κ3) is 3.47. The highest BCUT2D eigenvalue weighted by Gasteiger charge is 2.23. The van der Waals surface area contributed by atoms with Gasteiger partial charge in [0.15, 0.2) is 5.78 Å². The van der Waals surface area contributed by atoms with E-state index in [2.05, 4.69) is 14.5 Å². The van der Waals surface area contributed by atoms with Crippen molar-refractivity contribution in [1.29, 1.82) is 0 Å². The molecule has 0 amide bonds. The number of hydrogen-bond acceptors (Lipinski definition) is 5. The van der Waals surface area contributed by atoms with E-state index < -0.39 is 0 Å². The average Bonchev–Trinajstić information content (AvgIpc) is 3.31. The predicted octanol–water partition coefficient (Wildman–Crippen LogP) is 5.05. The molecule has 0 aliphatic heterocycles. The van der Waals surface area contributed by atoms with Crippen molar-refractivity contribution in [2.45, 2.75) is 37.6 Å². The van der Waals surface area contributed by atoms with E-state index in [1.807, 2.05) is 63.2 Å². The smallest absolute Gasteiger partial charge is 0.177 e. The van der Waals surface area contributed by atoms with E-state index in [1.54, 1.807) is 12.6 Å². The van der Waals surface area contributed by atoms with Gasteiger partial charge in [0, 0.05) is 22.3 Å². The highest BCUT2D eigenvalue weighted by atomic mass is 32.2. The quantitative estimate of drug-likeness (QED) is 0.261. The van der Waals surface area contributed by atoms with Crippen LogP contribution in [0.1, 0.15) is 34.4 Å². The van der Waals surface area contributed by atoms with E-state index in [0.29, 0.717) is 6.54 Å². The van der Waals surface area contributed by atoms with Crippen LogP contribution in [0.2, 0.25) is 0 Å². The first-order chi connectivity index (χ1) is 13.5. The van der Waals surface area contributed by atoms with Gasteiger partial charge in [-0.05, 0) is 45.0 Å². The van der Waals surface area contributed by atoms with Gasteiger partial charge >= 0.3 is 0 Å². The second-order valence-corrected chi connectivity index (χ2v) is 8.10. The molecule has 142 valence electrons. The van der Waals surface area contributed by atoms with Crippen molar-refractivity contribution in [1.82, 2.24) is 14.5 Å². The number of furan rings is 1. The Labute approximate surface area is 167 Å². The van der Waals surface area contributed by atoms with Crippen molar-refractivity contribution in [3.63, 3.8) is 0 Å². The molecule has 4 aromatic rings. The number of carbonyl (C=O) groups is 1. The summed E-state index contributed by atoms with van der Waals surface area (Å²) in [5, 5.41) is 1.55. The van der Waals surface area contributed by atoms with Crippen LogP contribution in [0.3, 0.4) is 0 Å². The number of nitrogens with zero attached hydrogens (tertiary/aromatic N) is 3. The van der Waals surface area contributed by atoms with Crippen LogP contribution in [0, 0.1) is 13.8 Å². The van der Waals surface area contributed by atoms with Crippen LogP contribution in [-0.2, 0) is 6.54 Å². The van der Waals surface area contributed by atoms with E-state index in [1.165, 1.54) is 11.8 Å². The zero-order valence-corrected chi connectivity index (χ0v) is 16.9. The fourth-order valence-electron chi connectivity index (χ4n) is 3.37. The summed E-state index contributed by atoms with van der Waals surface area (Å²) in [6.07, 6.45) is 3.22. The first-order valence-electron chi connectivity index (χ1n) is 9.14. The molecule has 6 heteroatoms. The molecule has 28 heavy (non-hydrogen) atoms. The third-order valence-electron chi connectivity index (χ3n) is 4.90. The number of carbonyl (C=O) groups excluding carboxylic acids is 1. The highest BCUT2D eigenvalue weighted by molar-refractivity contribution is 8.00. The number of hydrogen-bond donors (Lipinski definition) is 0. The molecule has 0 aliphatic carbocycles. The summed E-state index contributed by atoms with van der Waals surface area (Å²) in [5.74, 6) is 0.974. The minimum Gasteiger partial charge on any atom is -0.467 e. The van der Waals surface area contributed by atoms with E-state index in [4.69, 9.17) is 4.42 Å². The van der Waals surface area contributed by atoms with Gasteiger partial charge in [0.05, 0.1) is 23.6 Å². The zero-order valence-electron chi connectivity index (χ0n) is 16.0. The van der Waals surface area contributed by atoms with Crippen LogP contribution in [0.25, 0.3) is 10.9 Å². The van der Waals surface area contributed by atoms with Crippen molar-refractivity contribution in [3.05, 3.63) is 77.8 Å². The van der Waals surface area contributed by atoms with Crippen LogP contribution in [0.5, 0.6) is 0 Å². The number of rotatable bonds is 6. The van der Waals surface area contributed by atoms with Gasteiger partial charge in [-0.15, -0.1) is 0 Å². The molecule has 0 unspecified atom stereocenters. The fourth-order valence-corrected chi connectivity index (χ4v) is 4.34. The van der Waals surface area contributed by atoms with Gasteiger partial charge in [-0.2, -0.15) is 0 Å². The highest BCUT2D eigenvalue weighted by Crippen LogP contribution is 2.30. The average molecular weight is 391 g/mol. The Morgan fingerprint density at radius 2 is 2.00 bits per heavy atom. The molecule has 0 bridgehead atoms. The van der Waals surface area contributed by atoms with Crippen molar-refractivity contribution >= 4 is 28.4 Å². The Morgan fingerprint density at radius 1 is 1.18 bits per heavy atom. The molecule has 3 aromatic heterocycles. The largest absolute Gasteiger partial charge is 0.467 e. The summed E-state index contributed by atoms with van der Waals surface area (Å²) < 4.78 is 7.58. The molecule has 0 radical (unpaired) electrons. The summed E-state index contributed by atoms with van der Waals surface area (Å²) in [7, 11) is 0. The van der Waals surface area contributed by atoms with Crippen LogP contribution in [0.15, 0.2) is 64.5 Å². The summed E-state index contributed by atoms with van der Waals surface area (Å²) in [6, 6.07) is 13.6. The molecule has 3 heterocycles. The minimum absolute atomic E-state index is 0.103. The van der Waals surface area contributed by atoms with Gasteiger partial charge in [0.2, 0.25) is 0 Å². The monoisotopic (exact) mass is 391 g/mol. The topological polar surface area (TPSA) is 60.9 Å². The first-order valence-corrected chi connectivity index (χ1v) is 10.0. The number of fused-ring (bicyclic) bond motifs is 1. The van der Waals surface area contributed by atoms with Crippen LogP contribution in [0.4, 0.5) is 0 Å². The number of aryl methyl sites for hydroxylation is 1. The Kier molecular flexibility index (Phi) is 5.05. The summed E-state index contributed by atoms with van der Waals surface area (Å²) in [5.41, 5.74) is 3.64. The number of ketones is 1. The van der Waals surface area contributed by atoms with Gasteiger partial charge in [-0.25, -0.2) is 9.97 Å². The molecule has 0 spiro atoms. The molecule has 0 aliphatic rings. The van der Waals surface area contributed by atoms with E-state index >= 15 is 0 Å². The maximum absolute atomic E-state index is 13.2. The second kappa shape index (κ2) is 7.64. The Balaban J connectivity index is 1.59. The van der Waals surface area contributed by atoms with Crippen LogP contribution < -0.4 is 0 Å². The molecule has 0 saturated heterocycles. The van der Waals surface area contributed by atoms with Crippen molar-refractivity contribution in [2.24, 2.45) is 0 Å². The lowest BCUT2D eigenvalue weighted by molar-refractivity contribution is 0.0993. The summed E-state index contributed by atoms with van der Waals surface area (Å²) in [4.78, 5) is 21.9. The van der Waals surface area contributed by atoms with Gasteiger partial charge in [0.1, 0.15) is 17.1 Å². The molecule has 0 fully saturated rings. The molecule has 1 aromatic carbocycles. The molecular weight excluding hydrogens is 370 g/mol. The zero-order chi connectivity index (χ0) is 19.7. The van der Waals surface area contributed by atoms with Gasteiger partial charge < -0.3 is 8.98 Å². The molecule has 4 rings (SSSR count). The maximum Gasteiger partial charge on any atom is 0.177 e. The van der Waals surface area contributed by atoms with Gasteiger partial charge in [-0.3, -0.25) is 4.79 Å². The Bertz CT molecular complexity index is 1130. The number of Topliss-reactive ketones (excluding diaryl/α,β-unsaturated/α-hetero) is 1. The van der Waals surface area contributed by atoms with Crippen molar-refractivity contribution in [3.8, 4) is 0 Å². The van der Waals surface area contributed by atoms with E-state index in [9.17, 15) is 4.79 Å². The normalized spacial score (nSPS) is 12.4. The second-order valence-electron chi connectivity index (χ2n) is 6.77. The van der Waals surface area contributed by atoms with Crippen LogP contribution in [-0.4, -0.2) is 25.6 Å². The Hall–Kier alpha value is -2.86. The molecule has 1 atom stereocenters. The number of para-hydroxylation sites is 1. The molecule has 0 saturated carbocycles. The van der Waals surface area contributed by atoms with Crippen molar-refractivity contribution in [2.75, 3.05) is 0 Å². The van der Waals surface area contributed by atoms with E-state index in [0.717, 1.165) is 38.6 Å². The Morgan fingerprint density at radius 3 is 2.79 bits per heavy atom. The predicted molar refractivity (Wildman–Crippen MR) is 111 cm³/mol. The minimum atomic E-state index is -0.254. The first kappa shape index (κ1) is 18.5. The molecular formula is C22H21N3O2S. The molecule has 0 N–H and O–H groups in total. The molecule has 5 nitrogen and oxygen atoms in total. The number of aromatic nitrogens is 3. The summed E-state index contributed by atoms with van der Waals surface area (Å²) >= 11 is 1.48. The van der Waals surface area contributed by atoms with Gasteiger partial charge in [-0.1, -0.05) is 30.0 Å². The SMILES string of the molecule is Cc1cc(C(=O)[C@H](C)Sc2ncnc3ccccc23)c(C)n1Cc1ccco1. The third-order valence-corrected chi connectivity index (χ3v) is 6.01. The van der Waals surface area contributed by atoms with Crippen LogP contribution >= 0.6 is 11.8 Å². The van der Waals surface area contributed by atoms with Crippen molar-refractivity contribution < 1.29 is 9.21 Å².